The van der Waals surface area contributed by atoms with Crippen LogP contribution in [0.15, 0.2) is 24.3 Å². The SMILES string of the molecule is CCCNC(C)c1sc(-c2cccc(OCC)c2)nc1C. The van der Waals surface area contributed by atoms with Gasteiger partial charge in [0.15, 0.2) is 0 Å². The van der Waals surface area contributed by atoms with Crippen molar-refractivity contribution in [2.24, 2.45) is 0 Å². The van der Waals surface area contributed by atoms with Gasteiger partial charge in [0, 0.05) is 16.5 Å². The lowest BCUT2D eigenvalue weighted by Gasteiger charge is -2.11. The molecule has 0 spiro atoms. The van der Waals surface area contributed by atoms with Crippen LogP contribution in [0.25, 0.3) is 10.6 Å². The standard InChI is InChI=1S/C17H24N2OS/c1-5-10-18-12(3)16-13(4)19-17(21-16)14-8-7-9-15(11-14)20-6-2/h7-9,11-12,18H,5-6,10H2,1-4H3. The van der Waals surface area contributed by atoms with Crippen LogP contribution >= 0.6 is 11.3 Å². The Morgan fingerprint density at radius 2 is 2.14 bits per heavy atom. The van der Waals surface area contributed by atoms with Crippen molar-refractivity contribution in [3.63, 3.8) is 0 Å². The maximum absolute atomic E-state index is 5.57. The van der Waals surface area contributed by atoms with Crippen LogP contribution < -0.4 is 10.1 Å². The van der Waals surface area contributed by atoms with Crippen molar-refractivity contribution in [2.75, 3.05) is 13.2 Å². The van der Waals surface area contributed by atoms with E-state index in [-0.39, 0.29) is 0 Å². The first kappa shape index (κ1) is 16.0. The lowest BCUT2D eigenvalue weighted by molar-refractivity contribution is 0.340. The molecule has 1 unspecified atom stereocenters. The van der Waals surface area contributed by atoms with Gasteiger partial charge in [-0.3, -0.25) is 0 Å². The van der Waals surface area contributed by atoms with Gasteiger partial charge in [-0.25, -0.2) is 4.98 Å². The fourth-order valence-corrected chi connectivity index (χ4v) is 3.36. The summed E-state index contributed by atoms with van der Waals surface area (Å²) in [6.07, 6.45) is 1.14. The van der Waals surface area contributed by atoms with E-state index in [9.17, 15) is 0 Å². The molecule has 4 heteroatoms. The van der Waals surface area contributed by atoms with Crippen LogP contribution in [0.3, 0.4) is 0 Å². The zero-order valence-electron chi connectivity index (χ0n) is 13.3. The van der Waals surface area contributed by atoms with E-state index in [0.717, 1.165) is 35.0 Å². The summed E-state index contributed by atoms with van der Waals surface area (Å²) >= 11 is 1.77. The minimum atomic E-state index is 0.353. The third-order valence-corrected chi connectivity index (χ3v) is 4.71. The third-order valence-electron chi connectivity index (χ3n) is 3.32. The highest BCUT2D eigenvalue weighted by Crippen LogP contribution is 2.33. The topological polar surface area (TPSA) is 34.1 Å². The van der Waals surface area contributed by atoms with E-state index in [1.165, 1.54) is 4.88 Å². The molecule has 3 nitrogen and oxygen atoms in total. The number of ether oxygens (including phenoxy) is 1. The molecule has 0 fully saturated rings. The molecule has 1 aromatic heterocycles. The molecule has 0 bridgehead atoms. The first-order chi connectivity index (χ1) is 10.2. The van der Waals surface area contributed by atoms with Crippen LogP contribution in [0.4, 0.5) is 0 Å². The lowest BCUT2D eigenvalue weighted by Crippen LogP contribution is -2.18. The minimum Gasteiger partial charge on any atom is -0.494 e. The molecule has 0 aliphatic carbocycles. The van der Waals surface area contributed by atoms with Crippen molar-refractivity contribution >= 4 is 11.3 Å². The molecule has 0 aliphatic rings. The number of aryl methyl sites for hydroxylation is 1. The zero-order valence-corrected chi connectivity index (χ0v) is 14.1. The molecule has 0 radical (unpaired) electrons. The molecule has 2 rings (SSSR count). The van der Waals surface area contributed by atoms with E-state index < -0.39 is 0 Å². The number of rotatable bonds is 7. The van der Waals surface area contributed by atoms with Gasteiger partial charge in [-0.05, 0) is 45.9 Å². The van der Waals surface area contributed by atoms with Crippen molar-refractivity contribution in [3.05, 3.63) is 34.8 Å². The van der Waals surface area contributed by atoms with Gasteiger partial charge < -0.3 is 10.1 Å². The Balaban J connectivity index is 2.23. The van der Waals surface area contributed by atoms with Gasteiger partial charge in [0.25, 0.3) is 0 Å². The molecule has 2 aromatic rings. The van der Waals surface area contributed by atoms with Gasteiger partial charge in [-0.1, -0.05) is 19.1 Å². The summed E-state index contributed by atoms with van der Waals surface area (Å²) in [5, 5.41) is 4.60. The fraction of sp³-hybridized carbons (Fsp3) is 0.471. The van der Waals surface area contributed by atoms with Crippen molar-refractivity contribution in [1.82, 2.24) is 10.3 Å². The Hall–Kier alpha value is -1.39. The molecule has 0 saturated heterocycles. The molecule has 1 atom stereocenters. The van der Waals surface area contributed by atoms with Gasteiger partial charge >= 0.3 is 0 Å². The molecule has 0 saturated carbocycles. The smallest absolute Gasteiger partial charge is 0.124 e. The first-order valence-corrected chi connectivity index (χ1v) is 8.41. The number of benzene rings is 1. The summed E-state index contributed by atoms with van der Waals surface area (Å²) in [4.78, 5) is 6.05. The maximum Gasteiger partial charge on any atom is 0.124 e. The highest BCUT2D eigenvalue weighted by molar-refractivity contribution is 7.15. The van der Waals surface area contributed by atoms with Gasteiger partial charge in [-0.2, -0.15) is 0 Å². The largest absolute Gasteiger partial charge is 0.494 e. The Kier molecular flexibility index (Phi) is 5.76. The van der Waals surface area contributed by atoms with E-state index in [0.29, 0.717) is 12.6 Å². The Morgan fingerprint density at radius 3 is 2.86 bits per heavy atom. The molecular formula is C17H24N2OS. The number of aromatic nitrogens is 1. The van der Waals surface area contributed by atoms with Gasteiger partial charge in [-0.15, -0.1) is 11.3 Å². The van der Waals surface area contributed by atoms with Gasteiger partial charge in [0.05, 0.1) is 12.3 Å². The summed E-state index contributed by atoms with van der Waals surface area (Å²) < 4.78 is 5.57. The highest BCUT2D eigenvalue weighted by atomic mass is 32.1. The van der Waals surface area contributed by atoms with Crippen LogP contribution in [0, 0.1) is 6.92 Å². The average molecular weight is 304 g/mol. The number of hydrogen-bond acceptors (Lipinski definition) is 4. The van der Waals surface area contributed by atoms with Crippen molar-refractivity contribution in [2.45, 2.75) is 40.2 Å². The Morgan fingerprint density at radius 1 is 1.33 bits per heavy atom. The molecule has 0 amide bonds. The number of hydrogen-bond donors (Lipinski definition) is 1. The highest BCUT2D eigenvalue weighted by Gasteiger charge is 2.15. The maximum atomic E-state index is 5.57. The summed E-state index contributed by atoms with van der Waals surface area (Å²) in [6, 6.07) is 8.52. The second-order valence-electron chi connectivity index (χ2n) is 5.11. The zero-order chi connectivity index (χ0) is 15.2. The van der Waals surface area contributed by atoms with E-state index in [1.807, 2.05) is 19.1 Å². The minimum absolute atomic E-state index is 0.353. The second-order valence-corrected chi connectivity index (χ2v) is 6.14. The van der Waals surface area contributed by atoms with E-state index >= 15 is 0 Å². The molecular weight excluding hydrogens is 280 g/mol. The van der Waals surface area contributed by atoms with Crippen molar-refractivity contribution in [3.8, 4) is 16.3 Å². The summed E-state index contributed by atoms with van der Waals surface area (Å²) in [6.45, 7) is 10.2. The molecule has 1 heterocycles. The van der Waals surface area contributed by atoms with Crippen LogP contribution in [-0.4, -0.2) is 18.1 Å². The summed E-state index contributed by atoms with van der Waals surface area (Å²) in [5.74, 6) is 0.904. The quantitative estimate of drug-likeness (QED) is 0.813. The molecule has 21 heavy (non-hydrogen) atoms. The van der Waals surface area contributed by atoms with E-state index in [1.54, 1.807) is 11.3 Å². The normalized spacial score (nSPS) is 12.4. The molecule has 1 aromatic carbocycles. The molecule has 114 valence electrons. The molecule has 1 N–H and O–H groups in total. The van der Waals surface area contributed by atoms with Crippen LogP contribution in [0.5, 0.6) is 5.75 Å². The molecule has 0 aliphatic heterocycles. The van der Waals surface area contributed by atoms with Gasteiger partial charge in [0.1, 0.15) is 10.8 Å². The Bertz CT molecular complexity index is 580. The first-order valence-electron chi connectivity index (χ1n) is 7.59. The van der Waals surface area contributed by atoms with Crippen molar-refractivity contribution < 1.29 is 4.74 Å². The third kappa shape index (κ3) is 4.05. The van der Waals surface area contributed by atoms with Crippen molar-refractivity contribution in [1.29, 1.82) is 0 Å². The number of nitrogens with one attached hydrogen (secondary N) is 1. The van der Waals surface area contributed by atoms with E-state index in [4.69, 9.17) is 9.72 Å². The van der Waals surface area contributed by atoms with Crippen LogP contribution in [0.1, 0.15) is 43.8 Å². The average Bonchev–Trinajstić information content (AvgIpc) is 2.87. The monoisotopic (exact) mass is 304 g/mol. The predicted octanol–water partition coefficient (Wildman–Crippen LogP) is 4.58. The second kappa shape index (κ2) is 7.57. The summed E-state index contributed by atoms with van der Waals surface area (Å²) in [7, 11) is 0. The predicted molar refractivity (Wildman–Crippen MR) is 90.2 cm³/mol. The van der Waals surface area contributed by atoms with Gasteiger partial charge in [0.2, 0.25) is 0 Å². The Labute approximate surface area is 131 Å². The number of nitrogens with zero attached hydrogens (tertiary/aromatic N) is 1. The van der Waals surface area contributed by atoms with Crippen LogP contribution in [0.2, 0.25) is 0 Å². The summed E-state index contributed by atoms with van der Waals surface area (Å²) in [5.41, 5.74) is 2.25. The van der Waals surface area contributed by atoms with E-state index in [2.05, 4.69) is 38.2 Å². The fourth-order valence-electron chi connectivity index (χ4n) is 2.27. The lowest BCUT2D eigenvalue weighted by atomic mass is 10.2. The van der Waals surface area contributed by atoms with Crippen LogP contribution in [-0.2, 0) is 0 Å². The number of thiazole rings is 1.